The number of methoxy groups -OCH3 is 2. The van der Waals surface area contributed by atoms with Crippen LogP contribution in [0.5, 0.6) is 11.5 Å². The van der Waals surface area contributed by atoms with E-state index in [0.717, 1.165) is 4.90 Å². The lowest BCUT2D eigenvalue weighted by molar-refractivity contribution is -0.113. The summed E-state index contributed by atoms with van der Waals surface area (Å²) in [6.07, 6.45) is 1.53. The van der Waals surface area contributed by atoms with Crippen molar-refractivity contribution < 1.29 is 28.7 Å². The van der Waals surface area contributed by atoms with Gasteiger partial charge in [-0.3, -0.25) is 24.1 Å². The van der Waals surface area contributed by atoms with Crippen LogP contribution in [-0.2, 0) is 4.79 Å². The van der Waals surface area contributed by atoms with E-state index >= 15 is 0 Å². The Morgan fingerprint density at radius 2 is 1.45 bits per heavy atom. The second kappa shape index (κ2) is 13.7. The highest BCUT2D eigenvalue weighted by atomic mass is 32.2. The third-order valence-electron chi connectivity index (χ3n) is 6.84. The summed E-state index contributed by atoms with van der Waals surface area (Å²) in [5, 5.41) is 5.55. The molecule has 0 radical (unpaired) electrons. The molecule has 0 unspecified atom stereocenters. The molecule has 10 heteroatoms. The highest BCUT2D eigenvalue weighted by Gasteiger charge is 2.34. The zero-order valence-electron chi connectivity index (χ0n) is 24.0. The molecule has 0 saturated carbocycles. The summed E-state index contributed by atoms with van der Waals surface area (Å²) in [6, 6.07) is 27.8. The van der Waals surface area contributed by atoms with Gasteiger partial charge in [-0.2, -0.15) is 0 Å². The Hall–Kier alpha value is -5.35. The maximum absolute atomic E-state index is 13.5. The summed E-state index contributed by atoms with van der Waals surface area (Å²) >= 11 is 1.49. The first-order valence-corrected chi connectivity index (χ1v) is 14.7. The van der Waals surface area contributed by atoms with Crippen LogP contribution >= 0.6 is 11.8 Å². The van der Waals surface area contributed by atoms with Crippen LogP contribution in [0.4, 0.5) is 5.69 Å². The first-order chi connectivity index (χ1) is 21.4. The number of amides is 4. The minimum atomic E-state index is -0.537. The van der Waals surface area contributed by atoms with Crippen molar-refractivity contribution in [1.29, 1.82) is 0 Å². The Bertz CT molecular complexity index is 1700. The van der Waals surface area contributed by atoms with Gasteiger partial charge in [-0.15, -0.1) is 11.8 Å². The summed E-state index contributed by atoms with van der Waals surface area (Å²) in [4.78, 5) is 53.8. The van der Waals surface area contributed by atoms with Gasteiger partial charge in [0.25, 0.3) is 23.6 Å². The van der Waals surface area contributed by atoms with Crippen molar-refractivity contribution >= 4 is 47.2 Å². The van der Waals surface area contributed by atoms with Crippen LogP contribution in [0, 0.1) is 0 Å². The molecule has 9 nitrogen and oxygen atoms in total. The zero-order valence-corrected chi connectivity index (χ0v) is 24.9. The average molecular weight is 608 g/mol. The van der Waals surface area contributed by atoms with Gasteiger partial charge in [0.2, 0.25) is 0 Å². The van der Waals surface area contributed by atoms with E-state index in [1.807, 2.05) is 12.1 Å². The fourth-order valence-electron chi connectivity index (χ4n) is 4.65. The Labute approximate surface area is 258 Å². The molecule has 222 valence electrons. The number of carbonyl (C=O) groups excluding carboxylic acids is 4. The minimum absolute atomic E-state index is 0.00445. The van der Waals surface area contributed by atoms with E-state index in [1.54, 1.807) is 84.9 Å². The molecule has 0 fully saturated rings. The fraction of sp³-hybridized carbons (Fsp3) is 0.118. The largest absolute Gasteiger partial charge is 0.493 e. The number of anilines is 1. The molecule has 0 saturated heterocycles. The second-order valence-electron chi connectivity index (χ2n) is 9.60. The van der Waals surface area contributed by atoms with Gasteiger partial charge < -0.3 is 20.1 Å². The third-order valence-corrected chi connectivity index (χ3v) is 7.83. The van der Waals surface area contributed by atoms with E-state index in [0.29, 0.717) is 45.2 Å². The van der Waals surface area contributed by atoms with E-state index in [-0.39, 0.29) is 24.1 Å². The van der Waals surface area contributed by atoms with Gasteiger partial charge in [0.15, 0.2) is 11.5 Å². The Morgan fingerprint density at radius 3 is 2.09 bits per heavy atom. The van der Waals surface area contributed by atoms with Crippen LogP contribution < -0.4 is 20.1 Å². The summed E-state index contributed by atoms with van der Waals surface area (Å²) in [6.45, 7) is 0.276. The van der Waals surface area contributed by atoms with Crippen molar-refractivity contribution in [1.82, 2.24) is 10.2 Å². The van der Waals surface area contributed by atoms with Gasteiger partial charge in [-0.1, -0.05) is 42.5 Å². The SMILES string of the molecule is COc1cccc(/C=C(\NC(=O)c2ccccc2)C(=O)Nc2ccc(SCCN3C(=O)c4ccccc4C3=O)cc2)c1OC. The van der Waals surface area contributed by atoms with Gasteiger partial charge >= 0.3 is 0 Å². The molecule has 4 aromatic carbocycles. The molecule has 2 N–H and O–H groups in total. The smallest absolute Gasteiger partial charge is 0.272 e. The van der Waals surface area contributed by atoms with Gasteiger partial charge in [0, 0.05) is 34.0 Å². The molecular formula is C34H29N3O6S. The maximum atomic E-state index is 13.5. The van der Waals surface area contributed by atoms with Crippen LogP contribution in [0.15, 0.2) is 108 Å². The number of rotatable bonds is 11. The van der Waals surface area contributed by atoms with E-state index in [1.165, 1.54) is 37.0 Å². The van der Waals surface area contributed by atoms with Crippen molar-refractivity contribution in [2.75, 3.05) is 31.8 Å². The number of imide groups is 1. The molecule has 1 aliphatic heterocycles. The molecule has 4 aromatic rings. The molecule has 4 amide bonds. The zero-order chi connectivity index (χ0) is 31.1. The molecule has 0 aromatic heterocycles. The van der Waals surface area contributed by atoms with Crippen molar-refractivity contribution in [2.45, 2.75) is 4.90 Å². The normalized spacial score (nSPS) is 12.5. The second-order valence-corrected chi connectivity index (χ2v) is 10.8. The minimum Gasteiger partial charge on any atom is -0.493 e. The molecule has 0 atom stereocenters. The molecule has 1 aliphatic rings. The van der Waals surface area contributed by atoms with Gasteiger partial charge in [0.05, 0.1) is 25.3 Å². The predicted molar refractivity (Wildman–Crippen MR) is 169 cm³/mol. The lowest BCUT2D eigenvalue weighted by Gasteiger charge is -2.14. The number of fused-ring (bicyclic) bond motifs is 1. The average Bonchev–Trinajstić information content (AvgIpc) is 3.30. The first-order valence-electron chi connectivity index (χ1n) is 13.7. The summed E-state index contributed by atoms with van der Waals surface area (Å²) in [5.74, 6) is -0.136. The molecule has 0 aliphatic carbocycles. The van der Waals surface area contributed by atoms with Crippen LogP contribution in [-0.4, -0.2) is 55.0 Å². The lowest BCUT2D eigenvalue weighted by Crippen LogP contribution is -2.31. The van der Waals surface area contributed by atoms with Gasteiger partial charge in [-0.05, 0) is 60.7 Å². The van der Waals surface area contributed by atoms with Crippen molar-refractivity contribution in [3.8, 4) is 11.5 Å². The summed E-state index contributed by atoms with van der Waals surface area (Å²) < 4.78 is 10.9. The van der Waals surface area contributed by atoms with Crippen molar-refractivity contribution in [2.24, 2.45) is 0 Å². The summed E-state index contributed by atoms with van der Waals surface area (Å²) in [5.41, 5.74) is 2.31. The van der Waals surface area contributed by atoms with E-state index in [2.05, 4.69) is 10.6 Å². The molecule has 1 heterocycles. The quantitative estimate of drug-likeness (QED) is 0.131. The Morgan fingerprint density at radius 1 is 0.795 bits per heavy atom. The molecular weight excluding hydrogens is 578 g/mol. The Kier molecular flexibility index (Phi) is 9.41. The number of nitrogens with zero attached hydrogens (tertiary/aromatic N) is 1. The monoisotopic (exact) mass is 607 g/mol. The number of benzene rings is 4. The molecule has 0 bridgehead atoms. The number of carbonyl (C=O) groups is 4. The number of hydrogen-bond acceptors (Lipinski definition) is 7. The molecule has 5 rings (SSSR count). The van der Waals surface area contributed by atoms with E-state index in [9.17, 15) is 19.2 Å². The highest BCUT2D eigenvalue weighted by Crippen LogP contribution is 2.32. The summed E-state index contributed by atoms with van der Waals surface area (Å²) in [7, 11) is 3.01. The van der Waals surface area contributed by atoms with Crippen molar-refractivity contribution in [3.63, 3.8) is 0 Å². The number of nitrogens with one attached hydrogen (secondary N) is 2. The van der Waals surface area contributed by atoms with Crippen LogP contribution in [0.25, 0.3) is 6.08 Å². The van der Waals surface area contributed by atoms with Gasteiger partial charge in [-0.25, -0.2) is 0 Å². The standard InChI is InChI=1S/C34H29N3O6S/c1-42-29-14-8-11-23(30(29)43-2)21-28(36-31(38)22-9-4-3-5-10-22)32(39)35-24-15-17-25(18-16-24)44-20-19-37-33(40)26-12-6-7-13-27(26)34(37)41/h3-18,21H,19-20H2,1-2H3,(H,35,39)(H,36,38)/b28-21-. The van der Waals surface area contributed by atoms with Crippen LogP contribution in [0.2, 0.25) is 0 Å². The Balaban J connectivity index is 1.27. The topological polar surface area (TPSA) is 114 Å². The lowest BCUT2D eigenvalue weighted by atomic mass is 10.1. The van der Waals surface area contributed by atoms with E-state index < -0.39 is 11.8 Å². The number of para-hydroxylation sites is 1. The van der Waals surface area contributed by atoms with E-state index in [4.69, 9.17) is 9.47 Å². The number of ether oxygens (including phenoxy) is 2. The molecule has 44 heavy (non-hydrogen) atoms. The molecule has 0 spiro atoms. The first kappa shape index (κ1) is 30.1. The van der Waals surface area contributed by atoms with Crippen LogP contribution in [0.1, 0.15) is 36.6 Å². The number of thioether (sulfide) groups is 1. The van der Waals surface area contributed by atoms with Crippen LogP contribution in [0.3, 0.4) is 0 Å². The predicted octanol–water partition coefficient (Wildman–Crippen LogP) is 5.50. The highest BCUT2D eigenvalue weighted by molar-refractivity contribution is 7.99. The number of hydrogen-bond donors (Lipinski definition) is 2. The fourth-order valence-corrected chi connectivity index (χ4v) is 5.49. The maximum Gasteiger partial charge on any atom is 0.272 e. The van der Waals surface area contributed by atoms with Gasteiger partial charge in [0.1, 0.15) is 5.70 Å². The van der Waals surface area contributed by atoms with Crippen molar-refractivity contribution in [3.05, 3.63) is 125 Å². The third kappa shape index (κ3) is 6.66.